The van der Waals surface area contributed by atoms with Crippen molar-refractivity contribution < 1.29 is 14.7 Å². The number of ketones is 1. The van der Waals surface area contributed by atoms with Gasteiger partial charge in [0.15, 0.2) is 11.4 Å². The van der Waals surface area contributed by atoms with Crippen molar-refractivity contribution in [3.63, 3.8) is 0 Å². The van der Waals surface area contributed by atoms with Crippen molar-refractivity contribution in [2.75, 3.05) is 4.90 Å². The topological polar surface area (TPSA) is 57.6 Å². The van der Waals surface area contributed by atoms with Gasteiger partial charge in [0.1, 0.15) is 0 Å². The zero-order chi connectivity index (χ0) is 22.3. The number of fused-ring (bicyclic) bond motifs is 1. The SMILES string of the molecule is Cc1ccc(C)c(CN2C(=O)[C@@](O)([C@H](C)C(=O)c3ccccc3)c3cc(Br)ccc32)c1. The molecule has 0 radical (unpaired) electrons. The van der Waals surface area contributed by atoms with E-state index in [4.69, 9.17) is 0 Å². The molecule has 0 fully saturated rings. The van der Waals surface area contributed by atoms with Gasteiger partial charge in [-0.15, -0.1) is 0 Å². The van der Waals surface area contributed by atoms with Crippen LogP contribution in [-0.4, -0.2) is 16.8 Å². The molecule has 2 atom stereocenters. The number of aryl methyl sites for hydroxylation is 2. The van der Waals surface area contributed by atoms with Crippen LogP contribution in [0.1, 0.15) is 39.5 Å². The number of hydrogen-bond acceptors (Lipinski definition) is 3. The van der Waals surface area contributed by atoms with Crippen LogP contribution in [0.15, 0.2) is 71.2 Å². The van der Waals surface area contributed by atoms with Crippen LogP contribution >= 0.6 is 15.9 Å². The highest BCUT2D eigenvalue weighted by Crippen LogP contribution is 2.47. The van der Waals surface area contributed by atoms with Gasteiger partial charge in [0.05, 0.1) is 18.2 Å². The predicted octanol–water partition coefficient (Wildman–Crippen LogP) is 5.32. The Morgan fingerprint density at radius 3 is 2.48 bits per heavy atom. The minimum absolute atomic E-state index is 0.268. The van der Waals surface area contributed by atoms with Crippen molar-refractivity contribution in [3.05, 3.63) is 99.0 Å². The zero-order valence-electron chi connectivity index (χ0n) is 17.7. The molecule has 31 heavy (non-hydrogen) atoms. The summed E-state index contributed by atoms with van der Waals surface area (Å²) in [4.78, 5) is 28.5. The minimum Gasteiger partial charge on any atom is -0.375 e. The summed E-state index contributed by atoms with van der Waals surface area (Å²) in [5, 5.41) is 11.8. The molecule has 0 aliphatic carbocycles. The Kier molecular flexibility index (Phi) is 5.58. The maximum absolute atomic E-state index is 13.7. The number of carbonyl (C=O) groups excluding carboxylic acids is 2. The van der Waals surface area contributed by atoms with E-state index < -0.39 is 17.4 Å². The van der Waals surface area contributed by atoms with Crippen molar-refractivity contribution in [2.45, 2.75) is 32.9 Å². The molecule has 1 amide bonds. The van der Waals surface area contributed by atoms with Crippen LogP contribution in [0.4, 0.5) is 5.69 Å². The number of amides is 1. The van der Waals surface area contributed by atoms with Crippen LogP contribution in [0.2, 0.25) is 0 Å². The average molecular weight is 478 g/mol. The third-order valence-electron chi connectivity index (χ3n) is 6.14. The smallest absolute Gasteiger partial charge is 0.264 e. The van der Waals surface area contributed by atoms with Crippen molar-refractivity contribution in [1.29, 1.82) is 0 Å². The summed E-state index contributed by atoms with van der Waals surface area (Å²) in [5.41, 5.74) is 2.80. The number of Topliss-reactive ketones (excluding diaryl/α,β-unsaturated/α-hetero) is 1. The molecule has 1 N–H and O–H groups in total. The first-order valence-electron chi connectivity index (χ1n) is 10.2. The molecular formula is C26H24BrNO3. The third kappa shape index (κ3) is 3.62. The van der Waals surface area contributed by atoms with E-state index in [0.717, 1.165) is 21.2 Å². The second-order valence-electron chi connectivity index (χ2n) is 8.20. The van der Waals surface area contributed by atoms with Crippen molar-refractivity contribution in [3.8, 4) is 0 Å². The molecule has 5 heteroatoms. The Morgan fingerprint density at radius 1 is 1.06 bits per heavy atom. The van der Waals surface area contributed by atoms with Crippen molar-refractivity contribution in [1.82, 2.24) is 0 Å². The molecular weight excluding hydrogens is 454 g/mol. The van der Waals surface area contributed by atoms with Crippen LogP contribution in [0, 0.1) is 19.8 Å². The number of anilines is 1. The summed E-state index contributed by atoms with van der Waals surface area (Å²) < 4.78 is 0.741. The van der Waals surface area contributed by atoms with Crippen LogP contribution < -0.4 is 4.90 Å². The number of nitrogens with zero attached hydrogens (tertiary/aromatic N) is 1. The Labute approximate surface area is 190 Å². The normalized spacial score (nSPS) is 18.7. The molecule has 4 rings (SSSR count). The number of rotatable bonds is 5. The molecule has 0 unspecified atom stereocenters. The zero-order valence-corrected chi connectivity index (χ0v) is 19.3. The first-order valence-corrected chi connectivity index (χ1v) is 11.0. The summed E-state index contributed by atoms with van der Waals surface area (Å²) in [5.74, 6) is -1.69. The van der Waals surface area contributed by atoms with Gasteiger partial charge in [0.2, 0.25) is 0 Å². The first-order chi connectivity index (χ1) is 14.7. The molecule has 0 bridgehead atoms. The van der Waals surface area contributed by atoms with E-state index in [1.807, 2.05) is 44.2 Å². The van der Waals surface area contributed by atoms with Crippen LogP contribution in [0.5, 0.6) is 0 Å². The van der Waals surface area contributed by atoms with Gasteiger partial charge < -0.3 is 10.0 Å². The van der Waals surface area contributed by atoms with Gasteiger partial charge in [-0.05, 0) is 43.2 Å². The summed E-state index contributed by atoms with van der Waals surface area (Å²) in [6.45, 7) is 5.97. The summed E-state index contributed by atoms with van der Waals surface area (Å²) in [6.07, 6.45) is 0. The van der Waals surface area contributed by atoms with E-state index in [0.29, 0.717) is 23.4 Å². The molecule has 0 saturated carbocycles. The number of hydrogen-bond donors (Lipinski definition) is 1. The van der Waals surface area contributed by atoms with Gasteiger partial charge in [-0.25, -0.2) is 0 Å². The van der Waals surface area contributed by atoms with E-state index in [9.17, 15) is 14.7 Å². The molecule has 3 aromatic rings. The van der Waals surface area contributed by atoms with E-state index in [1.165, 1.54) is 0 Å². The second-order valence-corrected chi connectivity index (χ2v) is 9.12. The van der Waals surface area contributed by atoms with Gasteiger partial charge in [-0.3, -0.25) is 9.59 Å². The number of benzene rings is 3. The minimum atomic E-state index is -1.94. The predicted molar refractivity (Wildman–Crippen MR) is 125 cm³/mol. The Balaban J connectivity index is 1.79. The van der Waals surface area contributed by atoms with E-state index in [2.05, 4.69) is 22.0 Å². The maximum atomic E-state index is 13.7. The fourth-order valence-electron chi connectivity index (χ4n) is 4.24. The molecule has 0 aromatic heterocycles. The Hall–Kier alpha value is -2.76. The quantitative estimate of drug-likeness (QED) is 0.505. The Morgan fingerprint density at radius 2 is 1.77 bits per heavy atom. The fraction of sp³-hybridized carbons (Fsp3) is 0.231. The lowest BCUT2D eigenvalue weighted by molar-refractivity contribution is -0.139. The number of halogens is 1. The van der Waals surface area contributed by atoms with Gasteiger partial charge in [-0.2, -0.15) is 0 Å². The lowest BCUT2D eigenvalue weighted by Crippen LogP contribution is -2.47. The lowest BCUT2D eigenvalue weighted by Gasteiger charge is -2.29. The molecule has 1 aliphatic rings. The van der Waals surface area contributed by atoms with E-state index >= 15 is 0 Å². The van der Waals surface area contributed by atoms with Gasteiger partial charge in [-0.1, -0.05) is 76.9 Å². The monoisotopic (exact) mass is 477 g/mol. The van der Waals surface area contributed by atoms with E-state index in [-0.39, 0.29) is 5.78 Å². The number of aliphatic hydroxyl groups is 1. The third-order valence-corrected chi connectivity index (χ3v) is 6.64. The molecule has 4 nitrogen and oxygen atoms in total. The summed E-state index contributed by atoms with van der Waals surface area (Å²) >= 11 is 3.45. The van der Waals surface area contributed by atoms with Gasteiger partial charge in [0.25, 0.3) is 5.91 Å². The second kappa shape index (κ2) is 8.06. The molecule has 1 aliphatic heterocycles. The molecule has 158 valence electrons. The highest BCUT2D eigenvalue weighted by atomic mass is 79.9. The van der Waals surface area contributed by atoms with E-state index in [1.54, 1.807) is 42.2 Å². The van der Waals surface area contributed by atoms with Crippen molar-refractivity contribution in [2.24, 2.45) is 5.92 Å². The lowest BCUT2D eigenvalue weighted by atomic mass is 9.79. The largest absolute Gasteiger partial charge is 0.375 e. The summed E-state index contributed by atoms with van der Waals surface area (Å²) in [6, 6.07) is 20.3. The fourth-order valence-corrected chi connectivity index (χ4v) is 4.60. The highest BCUT2D eigenvalue weighted by Gasteiger charge is 2.55. The molecule has 1 heterocycles. The molecule has 3 aromatic carbocycles. The maximum Gasteiger partial charge on any atom is 0.264 e. The van der Waals surface area contributed by atoms with Crippen LogP contribution in [0.3, 0.4) is 0 Å². The van der Waals surface area contributed by atoms with Gasteiger partial charge in [0, 0.05) is 15.6 Å². The molecule has 0 saturated heterocycles. The standard InChI is InChI=1S/C26H24BrNO3/c1-16-9-10-17(2)20(13-16)15-28-23-12-11-21(27)14-22(23)26(31,25(28)30)18(3)24(29)19-7-5-4-6-8-19/h4-14,18,31H,15H2,1-3H3/t18-,26-/m1/s1. The van der Waals surface area contributed by atoms with Crippen LogP contribution in [-0.2, 0) is 16.9 Å². The summed E-state index contributed by atoms with van der Waals surface area (Å²) in [7, 11) is 0. The van der Waals surface area contributed by atoms with Gasteiger partial charge >= 0.3 is 0 Å². The van der Waals surface area contributed by atoms with Crippen LogP contribution in [0.25, 0.3) is 0 Å². The highest BCUT2D eigenvalue weighted by molar-refractivity contribution is 9.10. The first kappa shape index (κ1) is 21.5. The number of carbonyl (C=O) groups is 2. The average Bonchev–Trinajstić information content (AvgIpc) is 2.98. The Bertz CT molecular complexity index is 1170. The van der Waals surface area contributed by atoms with Crippen molar-refractivity contribution >= 4 is 33.3 Å². The molecule has 0 spiro atoms.